The quantitative estimate of drug-likeness (QED) is 0.657. The van der Waals surface area contributed by atoms with Crippen LogP contribution in [0.4, 0.5) is 0 Å². The molecule has 1 aromatic carbocycles. The summed E-state index contributed by atoms with van der Waals surface area (Å²) in [6.45, 7) is 3.57. The normalized spacial score (nSPS) is 35.1. The van der Waals surface area contributed by atoms with Crippen molar-refractivity contribution in [2.75, 3.05) is 6.54 Å². The van der Waals surface area contributed by atoms with Crippen molar-refractivity contribution in [2.45, 2.75) is 31.7 Å². The molecule has 1 aromatic rings. The number of piperidine rings is 1. The fraction of sp³-hybridized carbons (Fsp3) is 0.538. The van der Waals surface area contributed by atoms with Gasteiger partial charge in [-0.1, -0.05) is 31.2 Å². The first-order valence-corrected chi connectivity index (χ1v) is 5.66. The van der Waals surface area contributed by atoms with E-state index in [4.69, 9.17) is 0 Å². The van der Waals surface area contributed by atoms with E-state index in [-0.39, 0.29) is 0 Å². The molecule has 1 N–H and O–H groups in total. The number of hydrogen-bond acceptors (Lipinski definition) is 1. The maximum Gasteiger partial charge on any atom is 0.0114 e. The van der Waals surface area contributed by atoms with E-state index in [0.717, 1.165) is 17.9 Å². The van der Waals surface area contributed by atoms with Crippen molar-refractivity contribution in [3.05, 3.63) is 35.4 Å². The van der Waals surface area contributed by atoms with Gasteiger partial charge in [-0.15, -0.1) is 0 Å². The summed E-state index contributed by atoms with van der Waals surface area (Å²) in [6.07, 6.45) is 2.58. The van der Waals surface area contributed by atoms with Crippen LogP contribution in [0.1, 0.15) is 30.4 Å². The van der Waals surface area contributed by atoms with Gasteiger partial charge in [-0.3, -0.25) is 0 Å². The molecule has 1 saturated heterocycles. The lowest BCUT2D eigenvalue weighted by atomic mass is 9.72. The Morgan fingerprint density at radius 1 is 1.29 bits per heavy atom. The third-order valence-corrected chi connectivity index (χ3v) is 3.87. The SMILES string of the molecule is CC1CNC2Cc3ccccc3C1C2. The van der Waals surface area contributed by atoms with Crippen molar-refractivity contribution < 1.29 is 0 Å². The zero-order valence-electron chi connectivity index (χ0n) is 8.66. The number of nitrogens with one attached hydrogen (secondary N) is 1. The minimum atomic E-state index is 0.742. The predicted octanol–water partition coefficient (Wildman–Crippen LogP) is 2.32. The Bertz CT molecular complexity index is 345. The molecule has 1 aliphatic carbocycles. The molecule has 2 aliphatic rings. The van der Waals surface area contributed by atoms with Crippen LogP contribution in [0.25, 0.3) is 0 Å². The maximum atomic E-state index is 3.64. The average molecular weight is 187 g/mol. The zero-order chi connectivity index (χ0) is 9.54. The number of fused-ring (bicyclic) bond motifs is 4. The maximum absolute atomic E-state index is 3.64. The first-order valence-electron chi connectivity index (χ1n) is 5.66. The molecule has 0 aromatic heterocycles. The molecule has 3 atom stereocenters. The molecule has 0 saturated carbocycles. The topological polar surface area (TPSA) is 12.0 Å². The molecule has 1 heterocycles. The summed E-state index contributed by atoms with van der Waals surface area (Å²) in [5, 5.41) is 3.64. The van der Waals surface area contributed by atoms with E-state index in [9.17, 15) is 0 Å². The van der Waals surface area contributed by atoms with Crippen molar-refractivity contribution in [3.63, 3.8) is 0 Å². The van der Waals surface area contributed by atoms with Gasteiger partial charge in [0.15, 0.2) is 0 Å². The van der Waals surface area contributed by atoms with Gasteiger partial charge in [0.1, 0.15) is 0 Å². The van der Waals surface area contributed by atoms with Crippen LogP contribution in [0.5, 0.6) is 0 Å². The standard InChI is InChI=1S/C13H17N/c1-9-8-14-11-6-10-4-2-3-5-12(10)13(9)7-11/h2-5,9,11,13-14H,6-8H2,1H3. The monoisotopic (exact) mass is 187 g/mol. The fourth-order valence-corrected chi connectivity index (χ4v) is 3.05. The lowest BCUT2D eigenvalue weighted by Gasteiger charge is -2.41. The average Bonchev–Trinajstić information content (AvgIpc) is 2.23. The van der Waals surface area contributed by atoms with E-state index in [2.05, 4.69) is 36.5 Å². The van der Waals surface area contributed by atoms with Crippen LogP contribution in [-0.2, 0) is 6.42 Å². The predicted molar refractivity (Wildman–Crippen MR) is 58.5 cm³/mol. The van der Waals surface area contributed by atoms with Gasteiger partial charge in [0.2, 0.25) is 0 Å². The molecular formula is C13H17N. The summed E-state index contributed by atoms with van der Waals surface area (Å²) in [5.41, 5.74) is 3.20. The van der Waals surface area contributed by atoms with E-state index < -0.39 is 0 Å². The van der Waals surface area contributed by atoms with E-state index in [1.165, 1.54) is 19.4 Å². The fourth-order valence-electron chi connectivity index (χ4n) is 3.05. The van der Waals surface area contributed by atoms with E-state index in [1.807, 2.05) is 0 Å². The number of benzene rings is 1. The van der Waals surface area contributed by atoms with Crippen molar-refractivity contribution in [1.82, 2.24) is 5.32 Å². The molecule has 1 heteroatoms. The zero-order valence-corrected chi connectivity index (χ0v) is 8.66. The second-order valence-corrected chi connectivity index (χ2v) is 4.83. The van der Waals surface area contributed by atoms with Crippen LogP contribution in [-0.4, -0.2) is 12.6 Å². The molecule has 0 radical (unpaired) electrons. The molecule has 3 unspecified atom stereocenters. The highest BCUT2D eigenvalue weighted by atomic mass is 14.9. The van der Waals surface area contributed by atoms with Crippen LogP contribution in [0.2, 0.25) is 0 Å². The lowest BCUT2D eigenvalue weighted by molar-refractivity contribution is 0.266. The highest BCUT2D eigenvalue weighted by Crippen LogP contribution is 2.39. The second-order valence-electron chi connectivity index (χ2n) is 4.83. The molecular weight excluding hydrogens is 170 g/mol. The summed E-state index contributed by atoms with van der Waals surface area (Å²) in [7, 11) is 0. The molecule has 0 amide bonds. The number of hydrogen-bond donors (Lipinski definition) is 1. The smallest absolute Gasteiger partial charge is 0.0114 e. The van der Waals surface area contributed by atoms with Gasteiger partial charge in [-0.2, -0.15) is 0 Å². The lowest BCUT2D eigenvalue weighted by Crippen LogP contribution is -2.46. The van der Waals surface area contributed by atoms with Crippen molar-refractivity contribution in [2.24, 2.45) is 5.92 Å². The molecule has 1 fully saturated rings. The van der Waals surface area contributed by atoms with Crippen molar-refractivity contribution in [3.8, 4) is 0 Å². The van der Waals surface area contributed by atoms with E-state index in [1.54, 1.807) is 11.1 Å². The number of rotatable bonds is 0. The Balaban J connectivity index is 2.06. The largest absolute Gasteiger partial charge is 0.313 e. The van der Waals surface area contributed by atoms with Gasteiger partial charge in [-0.05, 0) is 42.3 Å². The van der Waals surface area contributed by atoms with Crippen molar-refractivity contribution in [1.29, 1.82) is 0 Å². The Hall–Kier alpha value is -0.820. The molecule has 14 heavy (non-hydrogen) atoms. The third-order valence-electron chi connectivity index (χ3n) is 3.87. The summed E-state index contributed by atoms with van der Waals surface area (Å²) < 4.78 is 0. The van der Waals surface area contributed by atoms with Crippen LogP contribution >= 0.6 is 0 Å². The first kappa shape index (κ1) is 8.49. The summed E-state index contributed by atoms with van der Waals surface area (Å²) in [4.78, 5) is 0. The molecule has 1 aliphatic heterocycles. The minimum absolute atomic E-state index is 0.742. The van der Waals surface area contributed by atoms with Crippen LogP contribution in [0.15, 0.2) is 24.3 Å². The van der Waals surface area contributed by atoms with Crippen LogP contribution < -0.4 is 5.32 Å². The Labute approximate surface area is 85.5 Å². The molecule has 0 spiro atoms. The minimum Gasteiger partial charge on any atom is -0.313 e. The summed E-state index contributed by atoms with van der Waals surface area (Å²) in [5.74, 6) is 1.61. The van der Waals surface area contributed by atoms with Gasteiger partial charge in [-0.25, -0.2) is 0 Å². The Morgan fingerprint density at radius 2 is 2.14 bits per heavy atom. The molecule has 74 valence electrons. The van der Waals surface area contributed by atoms with Crippen LogP contribution in [0.3, 0.4) is 0 Å². The summed E-state index contributed by atoms with van der Waals surface area (Å²) >= 11 is 0. The van der Waals surface area contributed by atoms with E-state index >= 15 is 0 Å². The highest BCUT2D eigenvalue weighted by Gasteiger charge is 2.33. The van der Waals surface area contributed by atoms with Gasteiger partial charge >= 0.3 is 0 Å². The summed E-state index contributed by atoms with van der Waals surface area (Å²) in [6, 6.07) is 9.73. The first-order chi connectivity index (χ1) is 6.84. The van der Waals surface area contributed by atoms with Gasteiger partial charge in [0, 0.05) is 6.04 Å². The van der Waals surface area contributed by atoms with Crippen molar-refractivity contribution >= 4 is 0 Å². The van der Waals surface area contributed by atoms with Crippen LogP contribution in [0, 0.1) is 5.92 Å². The highest BCUT2D eigenvalue weighted by molar-refractivity contribution is 5.35. The van der Waals surface area contributed by atoms with E-state index in [0.29, 0.717) is 0 Å². The second kappa shape index (κ2) is 3.09. The van der Waals surface area contributed by atoms with Gasteiger partial charge in [0.05, 0.1) is 0 Å². The Morgan fingerprint density at radius 3 is 3.07 bits per heavy atom. The van der Waals surface area contributed by atoms with Gasteiger partial charge in [0.25, 0.3) is 0 Å². The molecule has 1 nitrogen and oxygen atoms in total. The molecule has 3 rings (SSSR count). The Kier molecular flexibility index (Phi) is 1.88. The third kappa shape index (κ3) is 1.19. The molecule has 2 bridgehead atoms. The van der Waals surface area contributed by atoms with Gasteiger partial charge < -0.3 is 5.32 Å².